The maximum atomic E-state index is 13.0. The van der Waals surface area contributed by atoms with E-state index >= 15 is 0 Å². The molecule has 0 saturated heterocycles. The first kappa shape index (κ1) is 13.4. The van der Waals surface area contributed by atoms with E-state index in [9.17, 15) is 4.39 Å². The van der Waals surface area contributed by atoms with Crippen molar-refractivity contribution < 1.29 is 4.39 Å². The van der Waals surface area contributed by atoms with Crippen LogP contribution < -0.4 is 0 Å². The van der Waals surface area contributed by atoms with E-state index in [1.807, 2.05) is 22.8 Å². The predicted molar refractivity (Wildman–Crippen MR) is 79.8 cm³/mol. The van der Waals surface area contributed by atoms with Crippen LogP contribution in [0, 0.1) is 5.82 Å². The molecule has 0 radical (unpaired) electrons. The maximum absolute atomic E-state index is 13.0. The Morgan fingerprint density at radius 2 is 1.85 bits per heavy atom. The molecule has 102 valence electrons. The fraction of sp³-hybridized carbons (Fsp3) is 0.133. The van der Waals surface area contributed by atoms with Crippen molar-refractivity contribution in [2.75, 3.05) is 0 Å². The quantitative estimate of drug-likeness (QED) is 0.646. The first-order valence-corrected chi connectivity index (χ1v) is 7.04. The normalized spacial score (nSPS) is 11.2. The molecule has 0 saturated carbocycles. The van der Waals surface area contributed by atoms with Crippen LogP contribution in [0.1, 0.15) is 11.4 Å². The molecule has 3 rings (SSSR count). The molecule has 0 atom stereocenters. The maximum Gasteiger partial charge on any atom is 0.125 e. The summed E-state index contributed by atoms with van der Waals surface area (Å²) in [7, 11) is 0. The van der Waals surface area contributed by atoms with E-state index in [0.29, 0.717) is 17.4 Å². The summed E-state index contributed by atoms with van der Waals surface area (Å²) in [5.74, 6) is 0.797. The second kappa shape index (κ2) is 5.43. The molecule has 20 heavy (non-hydrogen) atoms. The highest BCUT2D eigenvalue weighted by molar-refractivity contribution is 6.35. The molecule has 0 bridgehead atoms. The highest BCUT2D eigenvalue weighted by Gasteiger charge is 2.13. The monoisotopic (exact) mass is 308 g/mol. The largest absolute Gasteiger partial charge is 0.321 e. The van der Waals surface area contributed by atoms with Gasteiger partial charge in [0.2, 0.25) is 0 Å². The van der Waals surface area contributed by atoms with Crippen molar-refractivity contribution in [3.05, 3.63) is 64.7 Å². The molecule has 2 aromatic carbocycles. The Hall–Kier alpha value is -1.58. The highest BCUT2D eigenvalue weighted by Crippen LogP contribution is 2.26. The number of hydrogen-bond acceptors (Lipinski definition) is 1. The summed E-state index contributed by atoms with van der Waals surface area (Å²) in [4.78, 5) is 4.48. The number of benzene rings is 2. The van der Waals surface area contributed by atoms with Crippen molar-refractivity contribution in [2.45, 2.75) is 12.4 Å². The zero-order valence-corrected chi connectivity index (χ0v) is 12.0. The second-order valence-corrected chi connectivity index (χ2v) is 5.16. The Morgan fingerprint density at radius 3 is 2.55 bits per heavy atom. The summed E-state index contributed by atoms with van der Waals surface area (Å²) < 4.78 is 14.9. The van der Waals surface area contributed by atoms with E-state index < -0.39 is 0 Å². The van der Waals surface area contributed by atoms with Gasteiger partial charge in [-0.25, -0.2) is 9.37 Å². The lowest BCUT2D eigenvalue weighted by Gasteiger charge is -2.09. The molecule has 0 N–H and O–H groups in total. The third-order valence-electron chi connectivity index (χ3n) is 3.17. The summed E-state index contributed by atoms with van der Waals surface area (Å²) >= 11 is 12.2. The first-order chi connectivity index (χ1) is 9.69. The smallest absolute Gasteiger partial charge is 0.125 e. The van der Waals surface area contributed by atoms with E-state index in [4.69, 9.17) is 23.2 Å². The third-order valence-corrected chi connectivity index (χ3v) is 3.71. The van der Waals surface area contributed by atoms with E-state index in [1.165, 1.54) is 12.1 Å². The van der Waals surface area contributed by atoms with Gasteiger partial charge in [0.25, 0.3) is 0 Å². The van der Waals surface area contributed by atoms with Crippen molar-refractivity contribution in [3.63, 3.8) is 0 Å². The topological polar surface area (TPSA) is 17.8 Å². The minimum absolute atomic E-state index is 0.250. The van der Waals surface area contributed by atoms with Gasteiger partial charge in [-0.1, -0.05) is 29.8 Å². The van der Waals surface area contributed by atoms with Crippen molar-refractivity contribution in [3.8, 4) is 0 Å². The van der Waals surface area contributed by atoms with Gasteiger partial charge in [-0.15, -0.1) is 11.6 Å². The molecule has 0 fully saturated rings. The fourth-order valence-electron chi connectivity index (χ4n) is 2.23. The fourth-order valence-corrected chi connectivity index (χ4v) is 2.71. The molecule has 0 aliphatic heterocycles. The molecule has 0 amide bonds. The average molecular weight is 309 g/mol. The molecule has 0 unspecified atom stereocenters. The molecule has 3 aromatic rings. The molecule has 0 spiro atoms. The van der Waals surface area contributed by atoms with Gasteiger partial charge in [-0.2, -0.15) is 0 Å². The lowest BCUT2D eigenvalue weighted by atomic mass is 10.2. The number of nitrogens with zero attached hydrogens (tertiary/aromatic N) is 2. The summed E-state index contributed by atoms with van der Waals surface area (Å²) in [6, 6.07) is 12.0. The first-order valence-electron chi connectivity index (χ1n) is 6.13. The van der Waals surface area contributed by atoms with Crippen LogP contribution in [0.5, 0.6) is 0 Å². The van der Waals surface area contributed by atoms with Gasteiger partial charge in [0.15, 0.2) is 0 Å². The van der Waals surface area contributed by atoms with Crippen LogP contribution in [0.25, 0.3) is 11.0 Å². The number of rotatable bonds is 3. The lowest BCUT2D eigenvalue weighted by Crippen LogP contribution is -2.04. The lowest BCUT2D eigenvalue weighted by molar-refractivity contribution is 0.626. The van der Waals surface area contributed by atoms with Gasteiger partial charge in [0, 0.05) is 6.54 Å². The number of halogens is 3. The number of fused-ring (bicyclic) bond motifs is 1. The zero-order valence-electron chi connectivity index (χ0n) is 10.5. The molecular formula is C15H11Cl2FN2. The van der Waals surface area contributed by atoms with E-state index in [2.05, 4.69) is 4.98 Å². The van der Waals surface area contributed by atoms with Gasteiger partial charge in [0.1, 0.15) is 11.6 Å². The van der Waals surface area contributed by atoms with Gasteiger partial charge in [-0.3, -0.25) is 0 Å². The Balaban J connectivity index is 2.11. The number of imidazole rings is 1. The Labute approximate surface area is 125 Å². The molecule has 5 heteroatoms. The van der Waals surface area contributed by atoms with E-state index in [-0.39, 0.29) is 5.82 Å². The molecule has 0 aliphatic rings. The van der Waals surface area contributed by atoms with Crippen molar-refractivity contribution >= 4 is 34.2 Å². The summed E-state index contributed by atoms with van der Waals surface area (Å²) in [6.07, 6.45) is 0. The van der Waals surface area contributed by atoms with E-state index in [0.717, 1.165) is 22.4 Å². The number of para-hydroxylation sites is 1. The Kier molecular flexibility index (Phi) is 3.64. The van der Waals surface area contributed by atoms with Crippen molar-refractivity contribution in [1.29, 1.82) is 0 Å². The zero-order chi connectivity index (χ0) is 14.1. The van der Waals surface area contributed by atoms with Crippen LogP contribution in [0.3, 0.4) is 0 Å². The molecule has 0 aliphatic carbocycles. The third kappa shape index (κ3) is 2.39. The van der Waals surface area contributed by atoms with Gasteiger partial charge in [-0.05, 0) is 29.8 Å². The van der Waals surface area contributed by atoms with Crippen molar-refractivity contribution in [1.82, 2.24) is 9.55 Å². The second-order valence-electron chi connectivity index (χ2n) is 4.48. The SMILES string of the molecule is Fc1ccc(Cn2c(CCl)nc3cccc(Cl)c32)cc1. The summed E-state index contributed by atoms with van der Waals surface area (Å²) in [5, 5.41) is 0.633. The Morgan fingerprint density at radius 1 is 1.10 bits per heavy atom. The standard InChI is InChI=1S/C15H11Cl2FN2/c16-8-14-19-13-3-1-2-12(17)15(13)20(14)9-10-4-6-11(18)7-5-10/h1-7H,8-9H2. The summed E-state index contributed by atoms with van der Waals surface area (Å²) in [6.45, 7) is 0.558. The van der Waals surface area contributed by atoms with Gasteiger partial charge >= 0.3 is 0 Å². The minimum Gasteiger partial charge on any atom is -0.321 e. The number of alkyl halides is 1. The minimum atomic E-state index is -0.250. The van der Waals surface area contributed by atoms with Crippen LogP contribution >= 0.6 is 23.2 Å². The van der Waals surface area contributed by atoms with Crippen LogP contribution in [0.2, 0.25) is 5.02 Å². The number of aromatic nitrogens is 2. The van der Waals surface area contributed by atoms with Gasteiger partial charge in [0.05, 0.1) is 21.9 Å². The summed E-state index contributed by atoms with van der Waals surface area (Å²) in [5.41, 5.74) is 2.64. The molecule has 1 aromatic heterocycles. The molecule has 2 nitrogen and oxygen atoms in total. The Bertz CT molecular complexity index is 750. The van der Waals surface area contributed by atoms with Crippen LogP contribution in [0.4, 0.5) is 4.39 Å². The highest BCUT2D eigenvalue weighted by atomic mass is 35.5. The number of hydrogen-bond donors (Lipinski definition) is 0. The average Bonchev–Trinajstić information content (AvgIpc) is 2.81. The van der Waals surface area contributed by atoms with Crippen LogP contribution in [0.15, 0.2) is 42.5 Å². The van der Waals surface area contributed by atoms with Crippen LogP contribution in [-0.2, 0) is 12.4 Å². The van der Waals surface area contributed by atoms with E-state index in [1.54, 1.807) is 12.1 Å². The van der Waals surface area contributed by atoms with Crippen LogP contribution in [-0.4, -0.2) is 9.55 Å². The van der Waals surface area contributed by atoms with Crippen molar-refractivity contribution in [2.24, 2.45) is 0 Å². The molecule has 1 heterocycles. The van der Waals surface area contributed by atoms with Gasteiger partial charge < -0.3 is 4.57 Å². The molecular weight excluding hydrogens is 298 g/mol. The predicted octanol–water partition coefficient (Wildman–Crippen LogP) is 4.62.